The lowest BCUT2D eigenvalue weighted by Crippen LogP contribution is -2.51. The first-order chi connectivity index (χ1) is 11.5. The molecule has 3 N–H and O–H groups in total. The second-order valence-electron chi connectivity index (χ2n) is 6.54. The highest BCUT2D eigenvalue weighted by atomic mass is 16.5. The van der Waals surface area contributed by atoms with Crippen molar-refractivity contribution in [2.24, 2.45) is 11.7 Å². The van der Waals surface area contributed by atoms with Crippen molar-refractivity contribution < 1.29 is 14.3 Å². The zero-order valence-electron chi connectivity index (χ0n) is 14.4. The van der Waals surface area contributed by atoms with E-state index < -0.39 is 12.1 Å². The van der Waals surface area contributed by atoms with Crippen molar-refractivity contribution >= 4 is 12.0 Å². The van der Waals surface area contributed by atoms with Gasteiger partial charge in [0, 0.05) is 19.1 Å². The van der Waals surface area contributed by atoms with Crippen LogP contribution in [0.3, 0.4) is 0 Å². The largest absolute Gasteiger partial charge is 0.445 e. The lowest BCUT2D eigenvalue weighted by atomic mass is 10.0. The number of rotatable bonds is 6. The van der Waals surface area contributed by atoms with Crippen LogP contribution in [0.15, 0.2) is 30.3 Å². The monoisotopic (exact) mass is 333 g/mol. The highest BCUT2D eigenvalue weighted by Crippen LogP contribution is 2.19. The molecule has 1 aliphatic rings. The SMILES string of the molecule is CC(C)[C@H](N)C(=O)N1CCC[C@H]1CNC(=O)OCc1ccccc1. The molecule has 2 amide bonds. The number of nitrogens with one attached hydrogen (secondary N) is 1. The van der Waals surface area contributed by atoms with Gasteiger partial charge in [-0.1, -0.05) is 44.2 Å². The van der Waals surface area contributed by atoms with E-state index >= 15 is 0 Å². The molecule has 0 radical (unpaired) electrons. The summed E-state index contributed by atoms with van der Waals surface area (Å²) in [5, 5.41) is 2.75. The molecule has 132 valence electrons. The Labute approximate surface area is 143 Å². The van der Waals surface area contributed by atoms with Crippen LogP contribution in [0.2, 0.25) is 0 Å². The first-order valence-corrected chi connectivity index (χ1v) is 8.49. The number of carbonyl (C=O) groups is 2. The number of carbonyl (C=O) groups excluding carboxylic acids is 2. The molecule has 1 aliphatic heterocycles. The smallest absolute Gasteiger partial charge is 0.407 e. The van der Waals surface area contributed by atoms with E-state index in [1.54, 1.807) is 4.90 Å². The van der Waals surface area contributed by atoms with E-state index in [4.69, 9.17) is 10.5 Å². The summed E-state index contributed by atoms with van der Waals surface area (Å²) in [4.78, 5) is 26.0. The van der Waals surface area contributed by atoms with Crippen LogP contribution in [-0.2, 0) is 16.1 Å². The van der Waals surface area contributed by atoms with Gasteiger partial charge in [-0.2, -0.15) is 0 Å². The van der Waals surface area contributed by atoms with Crippen molar-refractivity contribution in [1.82, 2.24) is 10.2 Å². The molecule has 6 heteroatoms. The van der Waals surface area contributed by atoms with Crippen LogP contribution in [0.4, 0.5) is 4.79 Å². The number of ether oxygens (including phenoxy) is 1. The fraction of sp³-hybridized carbons (Fsp3) is 0.556. The Morgan fingerprint density at radius 2 is 2.04 bits per heavy atom. The summed E-state index contributed by atoms with van der Waals surface area (Å²) < 4.78 is 5.19. The lowest BCUT2D eigenvalue weighted by Gasteiger charge is -2.28. The summed E-state index contributed by atoms with van der Waals surface area (Å²) >= 11 is 0. The Kier molecular flexibility index (Phi) is 6.61. The normalized spacial score (nSPS) is 18.5. The van der Waals surface area contributed by atoms with Crippen LogP contribution >= 0.6 is 0 Å². The minimum atomic E-state index is -0.490. The van der Waals surface area contributed by atoms with Crippen molar-refractivity contribution in [2.75, 3.05) is 13.1 Å². The number of hydrogen-bond donors (Lipinski definition) is 2. The van der Waals surface area contributed by atoms with Gasteiger partial charge in [-0.05, 0) is 24.3 Å². The van der Waals surface area contributed by atoms with Gasteiger partial charge < -0.3 is 20.7 Å². The minimum absolute atomic E-state index is 0.00780. The molecule has 0 aromatic heterocycles. The highest BCUT2D eigenvalue weighted by molar-refractivity contribution is 5.82. The van der Waals surface area contributed by atoms with Crippen molar-refractivity contribution in [2.45, 2.75) is 45.4 Å². The molecule has 1 fully saturated rings. The summed E-state index contributed by atoms with van der Waals surface area (Å²) in [6.45, 7) is 5.20. The molecular weight excluding hydrogens is 306 g/mol. The second kappa shape index (κ2) is 8.68. The molecular formula is C18H27N3O3. The summed E-state index contributed by atoms with van der Waals surface area (Å²) in [5.41, 5.74) is 6.91. The number of hydrogen-bond acceptors (Lipinski definition) is 4. The number of amides is 2. The number of alkyl carbamates (subject to hydrolysis) is 1. The van der Waals surface area contributed by atoms with E-state index in [-0.39, 0.29) is 24.5 Å². The zero-order valence-corrected chi connectivity index (χ0v) is 14.4. The topological polar surface area (TPSA) is 84.7 Å². The maximum absolute atomic E-state index is 12.4. The fourth-order valence-electron chi connectivity index (χ4n) is 2.79. The maximum Gasteiger partial charge on any atom is 0.407 e. The molecule has 1 heterocycles. The van der Waals surface area contributed by atoms with E-state index in [9.17, 15) is 9.59 Å². The predicted octanol–water partition coefficient (Wildman–Crippen LogP) is 1.89. The van der Waals surface area contributed by atoms with Gasteiger partial charge in [-0.3, -0.25) is 4.79 Å². The maximum atomic E-state index is 12.4. The third-order valence-corrected chi connectivity index (χ3v) is 4.36. The average Bonchev–Trinajstić information content (AvgIpc) is 3.06. The minimum Gasteiger partial charge on any atom is -0.445 e. The quantitative estimate of drug-likeness (QED) is 0.832. The number of likely N-dealkylation sites (tertiary alicyclic amines) is 1. The van der Waals surface area contributed by atoms with Gasteiger partial charge in [0.25, 0.3) is 0 Å². The standard InChI is InChI=1S/C18H27N3O3/c1-13(2)16(19)17(22)21-10-6-9-15(21)11-20-18(23)24-12-14-7-4-3-5-8-14/h3-5,7-8,13,15-16H,6,9-12,19H2,1-2H3,(H,20,23)/t15-,16-/m0/s1. The molecule has 0 spiro atoms. The van der Waals surface area contributed by atoms with Crippen LogP contribution < -0.4 is 11.1 Å². The Morgan fingerprint density at radius 3 is 2.71 bits per heavy atom. The van der Waals surface area contributed by atoms with Crippen molar-refractivity contribution in [1.29, 1.82) is 0 Å². The van der Waals surface area contributed by atoms with Gasteiger partial charge in [0.2, 0.25) is 5.91 Å². The van der Waals surface area contributed by atoms with Crippen LogP contribution in [0.1, 0.15) is 32.3 Å². The van der Waals surface area contributed by atoms with Gasteiger partial charge in [-0.25, -0.2) is 4.79 Å². The number of nitrogens with two attached hydrogens (primary N) is 1. The molecule has 0 saturated carbocycles. The van der Waals surface area contributed by atoms with Crippen LogP contribution in [-0.4, -0.2) is 42.1 Å². The third kappa shape index (κ3) is 4.96. The van der Waals surface area contributed by atoms with Crippen molar-refractivity contribution in [3.63, 3.8) is 0 Å². The number of benzene rings is 1. The summed E-state index contributed by atoms with van der Waals surface area (Å²) in [5.74, 6) is 0.0644. The first-order valence-electron chi connectivity index (χ1n) is 8.49. The summed E-state index contributed by atoms with van der Waals surface area (Å²) in [6, 6.07) is 9.02. The molecule has 1 aromatic carbocycles. The predicted molar refractivity (Wildman–Crippen MR) is 92.2 cm³/mol. The van der Waals surface area contributed by atoms with E-state index in [1.807, 2.05) is 44.2 Å². The molecule has 0 unspecified atom stereocenters. The molecule has 24 heavy (non-hydrogen) atoms. The van der Waals surface area contributed by atoms with Gasteiger partial charge in [0.1, 0.15) is 6.61 Å². The molecule has 1 aromatic rings. The second-order valence-corrected chi connectivity index (χ2v) is 6.54. The van der Waals surface area contributed by atoms with Crippen LogP contribution in [0, 0.1) is 5.92 Å². The molecule has 0 aliphatic carbocycles. The fourth-order valence-corrected chi connectivity index (χ4v) is 2.79. The van der Waals surface area contributed by atoms with Crippen LogP contribution in [0.5, 0.6) is 0 Å². The lowest BCUT2D eigenvalue weighted by molar-refractivity contribution is -0.134. The van der Waals surface area contributed by atoms with Gasteiger partial charge in [0.05, 0.1) is 6.04 Å². The summed E-state index contributed by atoms with van der Waals surface area (Å²) in [7, 11) is 0. The molecule has 2 rings (SSSR count). The highest BCUT2D eigenvalue weighted by Gasteiger charge is 2.32. The van der Waals surface area contributed by atoms with E-state index in [0.717, 1.165) is 18.4 Å². The van der Waals surface area contributed by atoms with Crippen molar-refractivity contribution in [3.8, 4) is 0 Å². The van der Waals surface area contributed by atoms with Crippen LogP contribution in [0.25, 0.3) is 0 Å². The number of nitrogens with zero attached hydrogens (tertiary/aromatic N) is 1. The third-order valence-electron chi connectivity index (χ3n) is 4.36. The first kappa shape index (κ1) is 18.3. The molecule has 2 atom stereocenters. The molecule has 1 saturated heterocycles. The molecule has 0 bridgehead atoms. The van der Waals surface area contributed by atoms with E-state index in [2.05, 4.69) is 5.32 Å². The average molecular weight is 333 g/mol. The molecule has 6 nitrogen and oxygen atoms in total. The van der Waals surface area contributed by atoms with Gasteiger partial charge >= 0.3 is 6.09 Å². The van der Waals surface area contributed by atoms with Gasteiger partial charge in [0.15, 0.2) is 0 Å². The summed E-state index contributed by atoms with van der Waals surface area (Å²) in [6.07, 6.45) is 1.34. The van der Waals surface area contributed by atoms with E-state index in [1.165, 1.54) is 0 Å². The van der Waals surface area contributed by atoms with Gasteiger partial charge in [-0.15, -0.1) is 0 Å². The Hall–Kier alpha value is -2.08. The van der Waals surface area contributed by atoms with Crippen molar-refractivity contribution in [3.05, 3.63) is 35.9 Å². The Morgan fingerprint density at radius 1 is 1.33 bits per heavy atom. The Balaban J connectivity index is 1.78. The zero-order chi connectivity index (χ0) is 17.5. The Bertz CT molecular complexity index is 548. The van der Waals surface area contributed by atoms with E-state index in [0.29, 0.717) is 13.1 Å².